The number of hydrogen-bond donors (Lipinski definition) is 1. The summed E-state index contributed by atoms with van der Waals surface area (Å²) in [5.74, 6) is 0.765. The zero-order valence-corrected chi connectivity index (χ0v) is 12.1. The number of hydrogen-bond acceptors (Lipinski definition) is 2. The first-order valence-electron chi connectivity index (χ1n) is 5.59. The van der Waals surface area contributed by atoms with Crippen molar-refractivity contribution in [2.75, 3.05) is 0 Å². The van der Waals surface area contributed by atoms with Crippen LogP contribution >= 0.6 is 27.3 Å². The minimum absolute atomic E-state index is 0.213. The Balaban J connectivity index is 2.64. The van der Waals surface area contributed by atoms with Crippen LogP contribution in [0.3, 0.4) is 0 Å². The minimum Gasteiger partial charge on any atom is -0.323 e. The molecular formula is C12H20BrNS. The summed E-state index contributed by atoms with van der Waals surface area (Å²) in [5, 5.41) is 0. The summed E-state index contributed by atoms with van der Waals surface area (Å²) in [4.78, 5) is 1.31. The standard InChI is InChI=1S/C12H20BrNS/c1-4-9(5-2)7-10(14)11-6-8(3)12(13)15-11/h6,9-10H,4-5,7,14H2,1-3H3. The maximum Gasteiger partial charge on any atom is 0.0731 e. The van der Waals surface area contributed by atoms with Crippen LogP contribution in [0, 0.1) is 12.8 Å². The molecule has 86 valence electrons. The molecule has 0 radical (unpaired) electrons. The first-order chi connectivity index (χ1) is 7.08. The molecule has 1 atom stereocenters. The van der Waals surface area contributed by atoms with Crippen LogP contribution in [0.5, 0.6) is 0 Å². The molecule has 0 saturated carbocycles. The second kappa shape index (κ2) is 6.02. The van der Waals surface area contributed by atoms with E-state index in [1.165, 1.54) is 27.1 Å². The Bertz CT molecular complexity index is 285. The summed E-state index contributed by atoms with van der Waals surface area (Å²) in [6, 6.07) is 2.42. The van der Waals surface area contributed by atoms with Gasteiger partial charge in [-0.05, 0) is 46.8 Å². The quantitative estimate of drug-likeness (QED) is 0.839. The van der Waals surface area contributed by atoms with Crippen molar-refractivity contribution < 1.29 is 0 Å². The molecule has 0 fully saturated rings. The second-order valence-electron chi connectivity index (χ2n) is 4.13. The Labute approximate surface area is 105 Å². The number of thiophene rings is 1. The van der Waals surface area contributed by atoms with Crippen LogP contribution in [-0.4, -0.2) is 0 Å². The zero-order chi connectivity index (χ0) is 11.4. The Morgan fingerprint density at radius 1 is 1.40 bits per heavy atom. The molecule has 15 heavy (non-hydrogen) atoms. The lowest BCUT2D eigenvalue weighted by molar-refractivity contribution is 0.417. The summed E-state index contributed by atoms with van der Waals surface area (Å²) < 4.78 is 1.22. The Morgan fingerprint density at radius 3 is 2.40 bits per heavy atom. The highest BCUT2D eigenvalue weighted by Gasteiger charge is 2.15. The monoisotopic (exact) mass is 289 g/mol. The molecule has 0 aliphatic rings. The van der Waals surface area contributed by atoms with Gasteiger partial charge in [-0.3, -0.25) is 0 Å². The highest BCUT2D eigenvalue weighted by molar-refractivity contribution is 9.11. The Kier molecular flexibility index (Phi) is 5.30. The fraction of sp³-hybridized carbons (Fsp3) is 0.667. The van der Waals surface area contributed by atoms with Crippen LogP contribution in [0.25, 0.3) is 0 Å². The van der Waals surface area contributed by atoms with Gasteiger partial charge in [0, 0.05) is 10.9 Å². The fourth-order valence-electron chi connectivity index (χ4n) is 1.76. The third-order valence-corrected chi connectivity index (χ3v) is 5.25. The molecule has 0 amide bonds. The molecule has 1 aromatic heterocycles. The smallest absolute Gasteiger partial charge is 0.0731 e. The molecule has 2 N–H and O–H groups in total. The van der Waals surface area contributed by atoms with Crippen LogP contribution in [-0.2, 0) is 0 Å². The normalized spacial score (nSPS) is 13.5. The minimum atomic E-state index is 0.213. The summed E-state index contributed by atoms with van der Waals surface area (Å²) in [7, 11) is 0. The molecule has 0 aromatic carbocycles. The average Bonchev–Trinajstić information content (AvgIpc) is 2.55. The van der Waals surface area contributed by atoms with Crippen LogP contribution in [0.15, 0.2) is 9.85 Å². The van der Waals surface area contributed by atoms with Crippen LogP contribution in [0.1, 0.15) is 49.6 Å². The third kappa shape index (κ3) is 3.58. The summed E-state index contributed by atoms with van der Waals surface area (Å²) in [6.45, 7) is 6.61. The van der Waals surface area contributed by atoms with Crippen molar-refractivity contribution in [1.29, 1.82) is 0 Å². The first-order valence-corrected chi connectivity index (χ1v) is 7.20. The van der Waals surface area contributed by atoms with Gasteiger partial charge in [0.05, 0.1) is 3.79 Å². The van der Waals surface area contributed by atoms with Crippen molar-refractivity contribution in [2.24, 2.45) is 11.7 Å². The predicted octanol–water partition coefficient (Wildman–Crippen LogP) is 4.65. The molecular weight excluding hydrogens is 270 g/mol. The highest BCUT2D eigenvalue weighted by Crippen LogP contribution is 2.33. The second-order valence-corrected chi connectivity index (χ2v) is 6.53. The Hall–Kier alpha value is 0.140. The SMILES string of the molecule is CCC(CC)CC(N)c1cc(C)c(Br)s1. The molecule has 1 nitrogen and oxygen atoms in total. The predicted molar refractivity (Wildman–Crippen MR) is 72.4 cm³/mol. The third-order valence-electron chi connectivity index (χ3n) is 2.98. The first kappa shape index (κ1) is 13.2. The van der Waals surface area contributed by atoms with E-state index >= 15 is 0 Å². The van der Waals surface area contributed by atoms with E-state index < -0.39 is 0 Å². The van der Waals surface area contributed by atoms with Gasteiger partial charge in [-0.25, -0.2) is 0 Å². The van der Waals surface area contributed by atoms with E-state index in [4.69, 9.17) is 5.73 Å². The van der Waals surface area contributed by atoms with Crippen molar-refractivity contribution in [1.82, 2.24) is 0 Å². The van der Waals surface area contributed by atoms with E-state index in [-0.39, 0.29) is 6.04 Å². The van der Waals surface area contributed by atoms with Gasteiger partial charge in [0.25, 0.3) is 0 Å². The molecule has 0 saturated heterocycles. The number of nitrogens with two attached hydrogens (primary N) is 1. The molecule has 1 rings (SSSR count). The van der Waals surface area contributed by atoms with Crippen LogP contribution in [0.2, 0.25) is 0 Å². The van der Waals surface area contributed by atoms with E-state index in [2.05, 4.69) is 42.8 Å². The fourth-order valence-corrected chi connectivity index (χ4v) is 3.35. The molecule has 0 aliphatic carbocycles. The molecule has 0 aliphatic heterocycles. The molecule has 3 heteroatoms. The maximum atomic E-state index is 6.22. The van der Waals surface area contributed by atoms with Gasteiger partial charge in [0.1, 0.15) is 0 Å². The van der Waals surface area contributed by atoms with Gasteiger partial charge < -0.3 is 5.73 Å². The van der Waals surface area contributed by atoms with Gasteiger partial charge >= 0.3 is 0 Å². The molecule has 1 aromatic rings. The number of rotatable bonds is 5. The van der Waals surface area contributed by atoms with Gasteiger partial charge in [-0.15, -0.1) is 11.3 Å². The van der Waals surface area contributed by atoms with Gasteiger partial charge in [0.15, 0.2) is 0 Å². The van der Waals surface area contributed by atoms with E-state index in [0.717, 1.165) is 12.3 Å². The lowest BCUT2D eigenvalue weighted by Gasteiger charge is -2.16. The number of aryl methyl sites for hydroxylation is 1. The molecule has 0 bridgehead atoms. The van der Waals surface area contributed by atoms with Crippen molar-refractivity contribution in [2.45, 2.75) is 46.1 Å². The Morgan fingerprint density at radius 2 is 2.00 bits per heavy atom. The van der Waals surface area contributed by atoms with Crippen LogP contribution in [0.4, 0.5) is 0 Å². The van der Waals surface area contributed by atoms with E-state index in [1.54, 1.807) is 11.3 Å². The van der Waals surface area contributed by atoms with Crippen molar-refractivity contribution in [3.8, 4) is 0 Å². The zero-order valence-electron chi connectivity index (χ0n) is 9.72. The molecule has 0 spiro atoms. The van der Waals surface area contributed by atoms with E-state index in [9.17, 15) is 0 Å². The van der Waals surface area contributed by atoms with Crippen molar-refractivity contribution in [3.05, 3.63) is 20.3 Å². The lowest BCUT2D eigenvalue weighted by atomic mass is 9.94. The van der Waals surface area contributed by atoms with Crippen LogP contribution < -0.4 is 5.73 Å². The lowest BCUT2D eigenvalue weighted by Crippen LogP contribution is -2.13. The van der Waals surface area contributed by atoms with E-state index in [0.29, 0.717) is 0 Å². The van der Waals surface area contributed by atoms with E-state index in [1.807, 2.05) is 0 Å². The average molecular weight is 290 g/mol. The molecule has 1 heterocycles. The molecule has 1 unspecified atom stereocenters. The largest absolute Gasteiger partial charge is 0.323 e. The van der Waals surface area contributed by atoms with Gasteiger partial charge in [-0.2, -0.15) is 0 Å². The summed E-state index contributed by atoms with van der Waals surface area (Å²) >= 11 is 5.32. The van der Waals surface area contributed by atoms with Crippen molar-refractivity contribution in [3.63, 3.8) is 0 Å². The topological polar surface area (TPSA) is 26.0 Å². The summed E-state index contributed by atoms with van der Waals surface area (Å²) in [6.07, 6.45) is 3.57. The highest BCUT2D eigenvalue weighted by atomic mass is 79.9. The van der Waals surface area contributed by atoms with Gasteiger partial charge in [0.2, 0.25) is 0 Å². The maximum absolute atomic E-state index is 6.22. The number of halogens is 1. The van der Waals surface area contributed by atoms with Gasteiger partial charge in [-0.1, -0.05) is 26.7 Å². The summed E-state index contributed by atoms with van der Waals surface area (Å²) in [5.41, 5.74) is 7.52. The van der Waals surface area contributed by atoms with Crippen molar-refractivity contribution >= 4 is 27.3 Å².